The second-order valence-corrected chi connectivity index (χ2v) is 6.55. The van der Waals surface area contributed by atoms with Gasteiger partial charge < -0.3 is 21.3 Å². The molecule has 0 radical (unpaired) electrons. The number of rotatable bonds is 9. The molecular formula is C14H24N4O4S. The Morgan fingerprint density at radius 1 is 1.43 bits per heavy atom. The number of hydrogen-bond acceptors (Lipinski definition) is 6. The van der Waals surface area contributed by atoms with Crippen LogP contribution < -0.4 is 16.4 Å². The molecule has 1 saturated carbocycles. The first-order valence-corrected chi connectivity index (χ1v) is 8.73. The van der Waals surface area contributed by atoms with E-state index in [-0.39, 0.29) is 31.2 Å². The Labute approximate surface area is 139 Å². The number of thioether (sulfide) groups is 1. The van der Waals surface area contributed by atoms with Crippen LogP contribution in [0.15, 0.2) is 0 Å². The van der Waals surface area contributed by atoms with Gasteiger partial charge >= 0.3 is 0 Å². The molecule has 8 nitrogen and oxygen atoms in total. The average Bonchev–Trinajstić information content (AvgIpc) is 3.08. The van der Waals surface area contributed by atoms with Gasteiger partial charge in [-0.1, -0.05) is 0 Å². The van der Waals surface area contributed by atoms with Crippen LogP contribution in [0.5, 0.6) is 0 Å². The van der Waals surface area contributed by atoms with Gasteiger partial charge in [0, 0.05) is 32.2 Å². The van der Waals surface area contributed by atoms with E-state index in [9.17, 15) is 19.2 Å². The molecule has 0 heterocycles. The van der Waals surface area contributed by atoms with Crippen molar-refractivity contribution < 1.29 is 19.2 Å². The number of carbonyl (C=O) groups is 4. The molecule has 4 N–H and O–H groups in total. The monoisotopic (exact) mass is 344 g/mol. The van der Waals surface area contributed by atoms with E-state index in [1.807, 2.05) is 6.26 Å². The summed E-state index contributed by atoms with van der Waals surface area (Å²) in [5.41, 5.74) is 4.51. The van der Waals surface area contributed by atoms with E-state index >= 15 is 0 Å². The number of amides is 3. The average molecular weight is 344 g/mol. The Morgan fingerprint density at radius 3 is 2.52 bits per heavy atom. The minimum Gasteiger partial charge on any atom is -0.343 e. The molecule has 2 unspecified atom stereocenters. The summed E-state index contributed by atoms with van der Waals surface area (Å²) >= 11 is 1.48. The first kappa shape index (κ1) is 19.4. The standard InChI is InChI=1S/C14H24N4O4S/c1-9(13(22)17-14(8-23-3)6-10(14)19)16-11(20)7-18(2)12(21)4-5-15/h9H,4-8,15H2,1-3H3,(H,16,20)(H,17,22). The second-order valence-electron chi connectivity index (χ2n) is 5.68. The lowest BCUT2D eigenvalue weighted by molar-refractivity contribution is -0.135. The highest BCUT2D eigenvalue weighted by Crippen LogP contribution is 2.33. The van der Waals surface area contributed by atoms with Crippen LogP contribution in [0, 0.1) is 0 Å². The fourth-order valence-electron chi connectivity index (χ4n) is 2.07. The van der Waals surface area contributed by atoms with Crippen LogP contribution in [0.2, 0.25) is 0 Å². The van der Waals surface area contributed by atoms with E-state index in [0.29, 0.717) is 12.2 Å². The minimum absolute atomic E-state index is 0.00541. The largest absolute Gasteiger partial charge is 0.343 e. The van der Waals surface area contributed by atoms with Crippen LogP contribution >= 0.6 is 11.8 Å². The van der Waals surface area contributed by atoms with E-state index in [1.54, 1.807) is 0 Å². The summed E-state index contributed by atoms with van der Waals surface area (Å²) in [4.78, 5) is 48.2. The molecule has 0 bridgehead atoms. The van der Waals surface area contributed by atoms with Crippen molar-refractivity contribution in [3.8, 4) is 0 Å². The number of Topliss-reactive ketones (excluding diaryl/α,β-unsaturated/α-hetero) is 1. The van der Waals surface area contributed by atoms with Crippen LogP contribution in [0.4, 0.5) is 0 Å². The van der Waals surface area contributed by atoms with Gasteiger partial charge in [-0.15, -0.1) is 0 Å². The fourth-order valence-corrected chi connectivity index (χ4v) is 2.90. The molecule has 1 rings (SSSR count). The lowest BCUT2D eigenvalue weighted by Gasteiger charge is -2.21. The van der Waals surface area contributed by atoms with Crippen LogP contribution in [0.3, 0.4) is 0 Å². The van der Waals surface area contributed by atoms with E-state index < -0.39 is 23.4 Å². The van der Waals surface area contributed by atoms with Crippen molar-refractivity contribution in [2.24, 2.45) is 5.73 Å². The van der Waals surface area contributed by atoms with E-state index in [4.69, 9.17) is 5.73 Å². The third-order valence-corrected chi connectivity index (χ3v) is 4.34. The normalized spacial score (nSPS) is 20.6. The maximum absolute atomic E-state index is 12.1. The number of ketones is 1. The molecule has 9 heteroatoms. The summed E-state index contributed by atoms with van der Waals surface area (Å²) in [7, 11) is 1.50. The van der Waals surface area contributed by atoms with Crippen LogP contribution in [-0.2, 0) is 19.2 Å². The number of nitrogens with zero attached hydrogens (tertiary/aromatic N) is 1. The van der Waals surface area contributed by atoms with Gasteiger partial charge in [-0.3, -0.25) is 19.2 Å². The number of nitrogens with two attached hydrogens (primary N) is 1. The molecule has 0 saturated heterocycles. The second kappa shape index (κ2) is 8.30. The van der Waals surface area contributed by atoms with Crippen molar-refractivity contribution in [1.82, 2.24) is 15.5 Å². The lowest BCUT2D eigenvalue weighted by atomic mass is 10.2. The topological polar surface area (TPSA) is 122 Å². The summed E-state index contributed by atoms with van der Waals surface area (Å²) < 4.78 is 0. The first-order valence-electron chi connectivity index (χ1n) is 7.33. The zero-order valence-corrected chi connectivity index (χ0v) is 14.5. The third-order valence-electron chi connectivity index (χ3n) is 3.56. The maximum atomic E-state index is 12.1. The van der Waals surface area contributed by atoms with Crippen LogP contribution in [0.1, 0.15) is 19.8 Å². The molecule has 23 heavy (non-hydrogen) atoms. The van der Waals surface area contributed by atoms with Gasteiger partial charge in [0.2, 0.25) is 17.7 Å². The van der Waals surface area contributed by atoms with Crippen molar-refractivity contribution in [1.29, 1.82) is 0 Å². The molecule has 3 amide bonds. The minimum atomic E-state index is -0.785. The van der Waals surface area contributed by atoms with Gasteiger partial charge in [0.25, 0.3) is 0 Å². The molecule has 2 atom stereocenters. The van der Waals surface area contributed by atoms with Gasteiger partial charge in [0.1, 0.15) is 11.6 Å². The molecule has 1 aliphatic carbocycles. The van der Waals surface area contributed by atoms with Gasteiger partial charge in [-0.2, -0.15) is 11.8 Å². The predicted octanol–water partition coefficient (Wildman–Crippen LogP) is -1.51. The zero-order valence-electron chi connectivity index (χ0n) is 13.7. The first-order chi connectivity index (χ1) is 10.8. The number of hydrogen-bond donors (Lipinski definition) is 3. The summed E-state index contributed by atoms with van der Waals surface area (Å²) in [5, 5.41) is 5.22. The number of nitrogens with one attached hydrogen (secondary N) is 2. The van der Waals surface area contributed by atoms with E-state index in [0.717, 1.165) is 0 Å². The van der Waals surface area contributed by atoms with Gasteiger partial charge in [-0.25, -0.2) is 0 Å². The molecule has 0 aromatic rings. The highest BCUT2D eigenvalue weighted by molar-refractivity contribution is 7.98. The van der Waals surface area contributed by atoms with Crippen molar-refractivity contribution in [2.45, 2.75) is 31.3 Å². The summed E-state index contributed by atoms with van der Waals surface area (Å²) in [5.74, 6) is -0.557. The molecule has 1 aliphatic rings. The molecule has 130 valence electrons. The summed E-state index contributed by atoms with van der Waals surface area (Å²) in [6, 6.07) is -0.785. The summed E-state index contributed by atoms with van der Waals surface area (Å²) in [6.07, 6.45) is 2.36. The smallest absolute Gasteiger partial charge is 0.243 e. The van der Waals surface area contributed by atoms with Crippen molar-refractivity contribution >= 4 is 35.3 Å². The SMILES string of the molecule is CSCC1(NC(=O)C(C)NC(=O)CN(C)C(=O)CCN)CC1=O. The number of likely N-dealkylation sites (N-methyl/N-ethyl adjacent to an activating group) is 1. The molecular weight excluding hydrogens is 320 g/mol. The summed E-state index contributed by atoms with van der Waals surface area (Å²) in [6.45, 7) is 1.61. The van der Waals surface area contributed by atoms with Crippen molar-refractivity contribution in [3.05, 3.63) is 0 Å². The zero-order chi connectivity index (χ0) is 17.6. The Bertz CT molecular complexity index is 499. The van der Waals surface area contributed by atoms with E-state index in [1.165, 1.54) is 30.6 Å². The quantitative estimate of drug-likeness (QED) is 0.467. The van der Waals surface area contributed by atoms with Crippen molar-refractivity contribution in [2.75, 3.05) is 32.1 Å². The maximum Gasteiger partial charge on any atom is 0.243 e. The molecule has 0 aliphatic heterocycles. The van der Waals surface area contributed by atoms with Crippen LogP contribution in [0.25, 0.3) is 0 Å². The van der Waals surface area contributed by atoms with Crippen molar-refractivity contribution in [3.63, 3.8) is 0 Å². The van der Waals surface area contributed by atoms with Gasteiger partial charge in [-0.05, 0) is 13.2 Å². The molecule has 1 fully saturated rings. The Kier molecular flexibility index (Phi) is 7.01. The molecule has 0 aromatic carbocycles. The predicted molar refractivity (Wildman–Crippen MR) is 87.8 cm³/mol. The molecule has 0 spiro atoms. The third kappa shape index (κ3) is 5.51. The van der Waals surface area contributed by atoms with Gasteiger partial charge in [0.15, 0.2) is 5.78 Å². The Balaban J connectivity index is 2.44. The highest BCUT2D eigenvalue weighted by Gasteiger charge is 2.54. The Hall–Kier alpha value is -1.61. The fraction of sp³-hybridized carbons (Fsp3) is 0.714. The van der Waals surface area contributed by atoms with Gasteiger partial charge in [0.05, 0.1) is 6.54 Å². The van der Waals surface area contributed by atoms with Crippen LogP contribution in [-0.4, -0.2) is 72.1 Å². The number of carbonyl (C=O) groups excluding carboxylic acids is 4. The van der Waals surface area contributed by atoms with E-state index in [2.05, 4.69) is 10.6 Å². The highest BCUT2D eigenvalue weighted by atomic mass is 32.2. The Morgan fingerprint density at radius 2 is 2.04 bits per heavy atom. The molecule has 0 aromatic heterocycles. The lowest BCUT2D eigenvalue weighted by Crippen LogP contribution is -2.52.